The fourth-order valence-electron chi connectivity index (χ4n) is 3.45. The molecule has 27 heavy (non-hydrogen) atoms. The van der Waals surface area contributed by atoms with E-state index >= 15 is 0 Å². The number of hydrogen-bond acceptors (Lipinski definition) is 3. The summed E-state index contributed by atoms with van der Waals surface area (Å²) < 4.78 is 41.0. The summed E-state index contributed by atoms with van der Waals surface area (Å²) in [6, 6.07) is 10.6. The van der Waals surface area contributed by atoms with Crippen molar-refractivity contribution < 1.29 is 22.7 Å². The molecule has 0 radical (unpaired) electrons. The minimum Gasteiger partial charge on any atom is -0.478 e. The third-order valence-corrected chi connectivity index (χ3v) is 6.76. The molecule has 1 saturated carbocycles. The topological polar surface area (TPSA) is 74.7 Å². The molecule has 1 aliphatic rings. The van der Waals surface area contributed by atoms with Crippen LogP contribution >= 0.6 is 0 Å². The van der Waals surface area contributed by atoms with Crippen LogP contribution < -0.4 is 4.31 Å². The van der Waals surface area contributed by atoms with Crippen molar-refractivity contribution in [3.63, 3.8) is 0 Å². The molecule has 0 atom stereocenters. The van der Waals surface area contributed by atoms with Crippen molar-refractivity contribution in [2.75, 3.05) is 10.8 Å². The summed E-state index contributed by atoms with van der Waals surface area (Å²) in [6.45, 7) is 0.326. The molecule has 0 amide bonds. The molecular formula is C20H22FNO4S. The second kappa shape index (κ2) is 8.08. The third-order valence-electron chi connectivity index (χ3n) is 4.95. The van der Waals surface area contributed by atoms with Gasteiger partial charge >= 0.3 is 5.97 Å². The van der Waals surface area contributed by atoms with Crippen molar-refractivity contribution in [2.24, 2.45) is 5.92 Å². The van der Waals surface area contributed by atoms with Crippen LogP contribution in [0.5, 0.6) is 0 Å². The quantitative estimate of drug-likeness (QED) is 0.797. The van der Waals surface area contributed by atoms with E-state index in [0.717, 1.165) is 44.2 Å². The molecule has 5 nitrogen and oxygen atoms in total. The van der Waals surface area contributed by atoms with Crippen LogP contribution in [0, 0.1) is 11.7 Å². The van der Waals surface area contributed by atoms with Crippen molar-refractivity contribution in [1.29, 1.82) is 0 Å². The molecule has 3 rings (SSSR count). The first kappa shape index (κ1) is 19.4. The van der Waals surface area contributed by atoms with Crippen molar-refractivity contribution in [2.45, 2.75) is 37.0 Å². The van der Waals surface area contributed by atoms with E-state index in [1.165, 1.54) is 40.7 Å². The Labute approximate surface area is 158 Å². The number of aromatic carboxylic acids is 1. The van der Waals surface area contributed by atoms with E-state index in [1.54, 1.807) is 0 Å². The Bertz CT molecular complexity index is 889. The van der Waals surface area contributed by atoms with Gasteiger partial charge in [0, 0.05) is 6.54 Å². The standard InChI is InChI=1S/C20H22FNO4S/c21-17-8-12-19(13-9-17)27(25,26)22(14-15-4-2-1-3-5-15)18-10-6-16(7-11-18)20(23)24/h6-13,15H,1-5,14H2,(H,23,24). The van der Waals surface area contributed by atoms with Gasteiger partial charge in [-0.3, -0.25) is 4.31 Å². The van der Waals surface area contributed by atoms with Crippen molar-refractivity contribution in [3.8, 4) is 0 Å². The van der Waals surface area contributed by atoms with Crippen LogP contribution in [0.4, 0.5) is 10.1 Å². The number of rotatable bonds is 6. The van der Waals surface area contributed by atoms with Gasteiger partial charge in [-0.25, -0.2) is 17.6 Å². The van der Waals surface area contributed by atoms with Crippen LogP contribution in [-0.2, 0) is 10.0 Å². The first-order chi connectivity index (χ1) is 12.9. The largest absolute Gasteiger partial charge is 0.478 e. The lowest BCUT2D eigenvalue weighted by atomic mass is 9.89. The van der Waals surface area contributed by atoms with E-state index in [0.29, 0.717) is 12.2 Å². The highest BCUT2D eigenvalue weighted by atomic mass is 32.2. The molecule has 0 spiro atoms. The predicted molar refractivity (Wildman–Crippen MR) is 101 cm³/mol. The smallest absolute Gasteiger partial charge is 0.335 e. The number of carbonyl (C=O) groups is 1. The van der Waals surface area contributed by atoms with E-state index < -0.39 is 21.8 Å². The van der Waals surface area contributed by atoms with Gasteiger partial charge in [0.2, 0.25) is 0 Å². The van der Waals surface area contributed by atoms with Gasteiger partial charge < -0.3 is 5.11 Å². The zero-order chi connectivity index (χ0) is 19.4. The zero-order valence-corrected chi connectivity index (χ0v) is 15.7. The number of hydrogen-bond donors (Lipinski definition) is 1. The van der Waals surface area contributed by atoms with Crippen LogP contribution in [-0.4, -0.2) is 26.0 Å². The zero-order valence-electron chi connectivity index (χ0n) is 14.8. The van der Waals surface area contributed by atoms with Crippen LogP contribution in [0.25, 0.3) is 0 Å². The van der Waals surface area contributed by atoms with Crippen LogP contribution in [0.3, 0.4) is 0 Å². The van der Waals surface area contributed by atoms with Crippen molar-refractivity contribution in [1.82, 2.24) is 0 Å². The maximum Gasteiger partial charge on any atom is 0.335 e. The highest BCUT2D eigenvalue weighted by Gasteiger charge is 2.28. The van der Waals surface area contributed by atoms with Crippen molar-refractivity contribution >= 4 is 21.7 Å². The second-order valence-electron chi connectivity index (χ2n) is 6.85. The monoisotopic (exact) mass is 391 g/mol. The average Bonchev–Trinajstić information content (AvgIpc) is 2.67. The predicted octanol–water partition coefficient (Wildman–Crippen LogP) is 4.30. The molecule has 2 aromatic carbocycles. The number of sulfonamides is 1. The van der Waals surface area contributed by atoms with Gasteiger partial charge in [0.25, 0.3) is 10.0 Å². The van der Waals surface area contributed by atoms with E-state index in [2.05, 4.69) is 0 Å². The molecule has 0 aliphatic heterocycles. The van der Waals surface area contributed by atoms with E-state index in [-0.39, 0.29) is 16.4 Å². The minimum absolute atomic E-state index is 0.0158. The summed E-state index contributed by atoms with van der Waals surface area (Å²) in [7, 11) is -3.88. The molecule has 144 valence electrons. The fraction of sp³-hybridized carbons (Fsp3) is 0.350. The van der Waals surface area contributed by atoms with Gasteiger partial charge in [0.1, 0.15) is 5.82 Å². The molecule has 0 aromatic heterocycles. The van der Waals surface area contributed by atoms with Gasteiger partial charge in [-0.2, -0.15) is 0 Å². The molecular weight excluding hydrogens is 369 g/mol. The molecule has 2 aromatic rings. The molecule has 1 N–H and O–H groups in total. The van der Waals surface area contributed by atoms with Crippen LogP contribution in [0.1, 0.15) is 42.5 Å². The molecule has 1 aliphatic carbocycles. The van der Waals surface area contributed by atoms with E-state index in [1.807, 2.05) is 0 Å². The Morgan fingerprint density at radius 3 is 2.15 bits per heavy atom. The number of carboxylic acid groups (broad SMARTS) is 1. The lowest BCUT2D eigenvalue weighted by Gasteiger charge is -2.31. The molecule has 1 fully saturated rings. The van der Waals surface area contributed by atoms with Crippen LogP contribution in [0.15, 0.2) is 53.4 Å². The fourth-order valence-corrected chi connectivity index (χ4v) is 4.99. The molecule has 0 saturated heterocycles. The molecule has 0 bridgehead atoms. The van der Waals surface area contributed by atoms with Gasteiger partial charge in [0.15, 0.2) is 0 Å². The minimum atomic E-state index is -3.88. The Balaban J connectivity index is 1.97. The maximum absolute atomic E-state index is 13.2. The SMILES string of the molecule is O=C(O)c1ccc(N(CC2CCCCC2)S(=O)(=O)c2ccc(F)cc2)cc1. The van der Waals surface area contributed by atoms with Gasteiger partial charge in [0.05, 0.1) is 16.1 Å². The van der Waals surface area contributed by atoms with Crippen LogP contribution in [0.2, 0.25) is 0 Å². The third kappa shape index (κ3) is 4.47. The first-order valence-electron chi connectivity index (χ1n) is 8.99. The lowest BCUT2D eigenvalue weighted by molar-refractivity contribution is 0.0697. The Hall–Kier alpha value is -2.41. The van der Waals surface area contributed by atoms with Gasteiger partial charge in [-0.15, -0.1) is 0 Å². The Morgan fingerprint density at radius 2 is 1.59 bits per heavy atom. The van der Waals surface area contributed by atoms with E-state index in [4.69, 9.17) is 5.11 Å². The first-order valence-corrected chi connectivity index (χ1v) is 10.4. The highest BCUT2D eigenvalue weighted by molar-refractivity contribution is 7.92. The number of nitrogens with zero attached hydrogens (tertiary/aromatic N) is 1. The van der Waals surface area contributed by atoms with E-state index in [9.17, 15) is 17.6 Å². The van der Waals surface area contributed by atoms with Gasteiger partial charge in [-0.05, 0) is 67.3 Å². The van der Waals surface area contributed by atoms with Gasteiger partial charge in [-0.1, -0.05) is 19.3 Å². The number of benzene rings is 2. The Kier molecular flexibility index (Phi) is 5.79. The Morgan fingerprint density at radius 1 is 1.00 bits per heavy atom. The molecule has 0 heterocycles. The van der Waals surface area contributed by atoms with Crippen molar-refractivity contribution in [3.05, 3.63) is 59.9 Å². The summed E-state index contributed by atoms with van der Waals surface area (Å²) in [5.74, 6) is -1.33. The number of anilines is 1. The summed E-state index contributed by atoms with van der Waals surface area (Å²) in [5.41, 5.74) is 0.505. The highest BCUT2D eigenvalue weighted by Crippen LogP contribution is 2.30. The summed E-state index contributed by atoms with van der Waals surface area (Å²) in [4.78, 5) is 11.1. The number of halogens is 1. The normalized spacial score (nSPS) is 15.4. The summed E-state index contributed by atoms with van der Waals surface area (Å²) in [6.07, 6.45) is 5.24. The summed E-state index contributed by atoms with van der Waals surface area (Å²) >= 11 is 0. The molecule has 7 heteroatoms. The number of carboxylic acids is 1. The average molecular weight is 391 g/mol. The molecule has 0 unspecified atom stereocenters. The second-order valence-corrected chi connectivity index (χ2v) is 8.71. The lowest BCUT2D eigenvalue weighted by Crippen LogP contribution is -2.36. The maximum atomic E-state index is 13.2. The summed E-state index contributed by atoms with van der Waals surface area (Å²) in [5, 5.41) is 9.07.